The number of carbonyl (C=O) groups excluding carboxylic acids is 1. The van der Waals surface area contributed by atoms with Crippen molar-refractivity contribution in [3.8, 4) is 11.6 Å². The summed E-state index contributed by atoms with van der Waals surface area (Å²) in [4.78, 5) is 18.3. The fourth-order valence-electron chi connectivity index (χ4n) is 1.72. The Bertz CT molecular complexity index is 754. The van der Waals surface area contributed by atoms with Gasteiger partial charge in [0.25, 0.3) is 11.1 Å². The van der Waals surface area contributed by atoms with Crippen LogP contribution in [0.25, 0.3) is 0 Å². The Kier molecular flexibility index (Phi) is 12.9. The number of hydrogen-bond donors (Lipinski definition) is 0. The van der Waals surface area contributed by atoms with Crippen molar-refractivity contribution in [3.63, 3.8) is 0 Å². The van der Waals surface area contributed by atoms with Gasteiger partial charge in [0.05, 0.1) is 28.4 Å². The van der Waals surface area contributed by atoms with Crippen molar-refractivity contribution in [2.24, 2.45) is 0 Å². The Labute approximate surface area is 175 Å². The molecule has 3 rings (SSSR count). The van der Waals surface area contributed by atoms with E-state index in [1.165, 1.54) is 18.8 Å². The van der Waals surface area contributed by atoms with E-state index in [1.807, 2.05) is 0 Å². The average Bonchev–Trinajstić information content (AvgIpc) is 3.47. The number of methoxy groups -OCH3 is 4. The van der Waals surface area contributed by atoms with Crippen LogP contribution in [0, 0.1) is 0 Å². The lowest BCUT2D eigenvalue weighted by Crippen LogP contribution is -2.07. The van der Waals surface area contributed by atoms with Crippen molar-refractivity contribution in [1.82, 2.24) is 19.1 Å². The maximum absolute atomic E-state index is 10.6. The third kappa shape index (κ3) is 8.89. The van der Waals surface area contributed by atoms with Crippen molar-refractivity contribution >= 4 is 23.5 Å². The standard InChI is InChI=1S/C7H9NO2.C6H7NO2.C5H6N2OS.CH4/c1-9-6-4-3-5-8-7(6)10-2;1-9-6(8)7-4-2-3-5-7;1-8-5(9)7-3-2-6-4-7;/h3-5H,1-2H3;2-5H,1H3;2-4H,1H3;1H4. The topological polar surface area (TPSA) is 89.6 Å². The van der Waals surface area contributed by atoms with E-state index in [4.69, 9.17) is 26.4 Å². The van der Waals surface area contributed by atoms with Gasteiger partial charge in [0, 0.05) is 31.0 Å². The fourth-order valence-corrected chi connectivity index (χ4v) is 1.83. The molecular weight excluding hydrogens is 396 g/mol. The Balaban J connectivity index is 0.000000399. The van der Waals surface area contributed by atoms with E-state index in [2.05, 4.69) is 14.7 Å². The second-order valence-corrected chi connectivity index (χ2v) is 5.06. The summed E-state index contributed by atoms with van der Waals surface area (Å²) in [5, 5.41) is 0.410. The maximum atomic E-state index is 10.6. The molecule has 0 aliphatic rings. The van der Waals surface area contributed by atoms with Crippen molar-refractivity contribution in [2.75, 3.05) is 28.4 Å². The predicted molar refractivity (Wildman–Crippen MR) is 114 cm³/mol. The number of hydrogen-bond acceptors (Lipinski definition) is 8. The highest BCUT2D eigenvalue weighted by molar-refractivity contribution is 7.80. The monoisotopic (exact) mass is 422 g/mol. The number of nitrogens with zero attached hydrogens (tertiary/aromatic N) is 4. The second kappa shape index (κ2) is 14.6. The zero-order chi connectivity index (χ0) is 20.8. The molecular formula is C19H26N4O5S. The van der Waals surface area contributed by atoms with E-state index in [0.717, 1.165) is 0 Å². The summed E-state index contributed by atoms with van der Waals surface area (Å²) in [5.41, 5.74) is 0. The van der Waals surface area contributed by atoms with Crippen molar-refractivity contribution in [2.45, 2.75) is 7.43 Å². The highest BCUT2D eigenvalue weighted by Gasteiger charge is 1.99. The SMILES string of the molecule is C.COC(=O)n1cccc1.COC(=S)n1ccnc1.COc1cccnc1OC. The number of aromatic nitrogens is 4. The molecule has 3 heterocycles. The Morgan fingerprint density at radius 1 is 0.931 bits per heavy atom. The van der Waals surface area contributed by atoms with E-state index in [9.17, 15) is 4.79 Å². The largest absolute Gasteiger partial charge is 0.491 e. The van der Waals surface area contributed by atoms with E-state index in [-0.39, 0.29) is 13.5 Å². The van der Waals surface area contributed by atoms with E-state index in [0.29, 0.717) is 16.8 Å². The molecule has 0 unspecified atom stereocenters. The Morgan fingerprint density at radius 2 is 1.62 bits per heavy atom. The van der Waals surface area contributed by atoms with Gasteiger partial charge in [0.2, 0.25) is 0 Å². The lowest BCUT2D eigenvalue weighted by molar-refractivity contribution is 0.173. The molecule has 3 aromatic heterocycles. The summed E-state index contributed by atoms with van der Waals surface area (Å²) in [6.07, 6.45) is 9.52. The Morgan fingerprint density at radius 3 is 2.07 bits per heavy atom. The van der Waals surface area contributed by atoms with Gasteiger partial charge >= 0.3 is 6.09 Å². The fraction of sp³-hybridized carbons (Fsp3) is 0.263. The average molecular weight is 423 g/mol. The molecule has 9 nitrogen and oxygen atoms in total. The first-order chi connectivity index (χ1) is 13.6. The molecule has 0 N–H and O–H groups in total. The Hall–Kier alpha value is -3.40. The minimum atomic E-state index is -0.361. The third-order valence-corrected chi connectivity index (χ3v) is 3.41. The normalized spacial score (nSPS) is 8.69. The molecule has 0 saturated carbocycles. The molecule has 0 aliphatic heterocycles. The number of pyridine rings is 1. The van der Waals surface area contributed by atoms with Gasteiger partial charge in [0.15, 0.2) is 5.75 Å². The molecule has 0 amide bonds. The van der Waals surface area contributed by atoms with Crippen molar-refractivity contribution < 1.29 is 23.7 Å². The lowest BCUT2D eigenvalue weighted by Gasteiger charge is -2.03. The van der Waals surface area contributed by atoms with Gasteiger partial charge in [-0.05, 0) is 36.5 Å². The van der Waals surface area contributed by atoms with Gasteiger partial charge in [-0.15, -0.1) is 0 Å². The van der Waals surface area contributed by atoms with Gasteiger partial charge in [-0.3, -0.25) is 9.13 Å². The van der Waals surface area contributed by atoms with Gasteiger partial charge in [0.1, 0.15) is 6.33 Å². The molecule has 158 valence electrons. The number of carbonyl (C=O) groups is 1. The van der Waals surface area contributed by atoms with Crippen molar-refractivity contribution in [1.29, 1.82) is 0 Å². The highest BCUT2D eigenvalue weighted by atomic mass is 32.1. The van der Waals surface area contributed by atoms with Crippen LogP contribution in [-0.4, -0.2) is 58.8 Å². The van der Waals surface area contributed by atoms with Crippen LogP contribution in [0.4, 0.5) is 4.79 Å². The quantitative estimate of drug-likeness (QED) is 0.580. The summed E-state index contributed by atoms with van der Waals surface area (Å²) in [6.45, 7) is 0. The number of rotatable bonds is 2. The first-order valence-electron chi connectivity index (χ1n) is 7.87. The highest BCUT2D eigenvalue weighted by Crippen LogP contribution is 2.21. The van der Waals surface area contributed by atoms with Crippen LogP contribution >= 0.6 is 12.2 Å². The molecule has 0 spiro atoms. The zero-order valence-electron chi connectivity index (χ0n) is 16.0. The van der Waals surface area contributed by atoms with Crippen LogP contribution in [0.5, 0.6) is 11.6 Å². The van der Waals surface area contributed by atoms with Crippen molar-refractivity contribution in [3.05, 3.63) is 61.6 Å². The molecule has 3 aromatic rings. The molecule has 0 fully saturated rings. The van der Waals surface area contributed by atoms with Crippen LogP contribution in [0.1, 0.15) is 7.43 Å². The first kappa shape index (κ1) is 25.6. The summed E-state index contributed by atoms with van der Waals surface area (Å²) >= 11 is 4.78. The van der Waals surface area contributed by atoms with Gasteiger partial charge < -0.3 is 18.9 Å². The molecule has 0 aliphatic carbocycles. The van der Waals surface area contributed by atoms with E-state index >= 15 is 0 Å². The zero-order valence-corrected chi connectivity index (χ0v) is 16.8. The molecule has 0 bridgehead atoms. The summed E-state index contributed by atoms with van der Waals surface area (Å²) in [6, 6.07) is 7.11. The first-order valence-corrected chi connectivity index (χ1v) is 8.28. The molecule has 10 heteroatoms. The van der Waals surface area contributed by atoms with Crippen LogP contribution in [0.3, 0.4) is 0 Å². The predicted octanol–water partition coefficient (Wildman–Crippen LogP) is 3.50. The molecule has 0 atom stereocenters. The van der Waals surface area contributed by atoms with Gasteiger partial charge in [-0.1, -0.05) is 7.43 Å². The van der Waals surface area contributed by atoms with E-state index in [1.54, 1.807) is 80.4 Å². The molecule has 0 aromatic carbocycles. The van der Waals surface area contributed by atoms with Crippen LogP contribution in [0.2, 0.25) is 0 Å². The van der Waals surface area contributed by atoms with Gasteiger partial charge in [-0.2, -0.15) is 0 Å². The summed E-state index contributed by atoms with van der Waals surface area (Å²) in [5.74, 6) is 1.18. The third-order valence-electron chi connectivity index (χ3n) is 3.03. The summed E-state index contributed by atoms with van der Waals surface area (Å²) in [7, 11) is 6.02. The number of ether oxygens (including phenoxy) is 4. The van der Waals surface area contributed by atoms with Crippen LogP contribution in [0.15, 0.2) is 61.6 Å². The molecule has 0 saturated heterocycles. The number of thiocarbonyl (C=S) groups is 1. The van der Waals surface area contributed by atoms with Crippen LogP contribution in [-0.2, 0) is 9.47 Å². The lowest BCUT2D eigenvalue weighted by atomic mass is 10.4. The second-order valence-electron chi connectivity index (χ2n) is 4.72. The minimum absolute atomic E-state index is 0. The minimum Gasteiger partial charge on any atom is -0.491 e. The molecule has 0 radical (unpaired) electrons. The maximum Gasteiger partial charge on any atom is 0.417 e. The van der Waals surface area contributed by atoms with Crippen LogP contribution < -0.4 is 9.47 Å². The smallest absolute Gasteiger partial charge is 0.417 e. The van der Waals surface area contributed by atoms with E-state index < -0.39 is 0 Å². The summed E-state index contributed by atoms with van der Waals surface area (Å²) < 4.78 is 22.0. The van der Waals surface area contributed by atoms with Gasteiger partial charge in [-0.25, -0.2) is 14.8 Å². The number of imidazole rings is 1. The molecule has 29 heavy (non-hydrogen) atoms.